The maximum absolute atomic E-state index is 13.0. The molecule has 0 aliphatic rings. The maximum atomic E-state index is 13.0. The maximum Gasteiger partial charge on any atom is 0.416 e. The minimum atomic E-state index is -4.55. The second-order valence-electron chi connectivity index (χ2n) is 5.68. The minimum absolute atomic E-state index is 0.0633. The predicted molar refractivity (Wildman–Crippen MR) is 87.8 cm³/mol. The topological polar surface area (TPSA) is 105 Å². The average Bonchev–Trinajstić information content (AvgIpc) is 3.07. The molecule has 0 fully saturated rings. The molecule has 1 aromatic carbocycles. The fraction of sp³-hybridized carbons (Fsp3) is 0.176. The Morgan fingerprint density at radius 1 is 1.15 bits per heavy atom. The van der Waals surface area contributed by atoms with E-state index in [4.69, 9.17) is 5.11 Å². The zero-order chi connectivity index (χ0) is 19.8. The van der Waals surface area contributed by atoms with Crippen LogP contribution in [-0.2, 0) is 11.0 Å². The summed E-state index contributed by atoms with van der Waals surface area (Å²) in [6, 6.07) is 5.40. The number of aliphatic carboxylic acids is 1. The van der Waals surface area contributed by atoms with Crippen LogP contribution in [0.3, 0.4) is 0 Å². The number of halogens is 3. The second kappa shape index (κ2) is 6.71. The highest BCUT2D eigenvalue weighted by Gasteiger charge is 2.30. The number of nitrogens with zero attached hydrogens (tertiary/aromatic N) is 3. The van der Waals surface area contributed by atoms with Crippen molar-refractivity contribution in [3.63, 3.8) is 0 Å². The number of benzene rings is 1. The molecule has 0 amide bonds. The summed E-state index contributed by atoms with van der Waals surface area (Å²) in [6.07, 6.45) is -4.17. The van der Waals surface area contributed by atoms with E-state index in [1.165, 1.54) is 12.1 Å². The van der Waals surface area contributed by atoms with Crippen LogP contribution >= 0.6 is 0 Å². The lowest BCUT2D eigenvalue weighted by Gasteiger charge is -2.10. The van der Waals surface area contributed by atoms with Crippen LogP contribution in [0.25, 0.3) is 22.7 Å². The number of alkyl halides is 3. The number of aliphatic hydroxyl groups excluding tert-OH is 1. The molecule has 7 nitrogen and oxygen atoms in total. The second-order valence-corrected chi connectivity index (χ2v) is 5.68. The van der Waals surface area contributed by atoms with E-state index in [1.54, 1.807) is 0 Å². The molecule has 2 N–H and O–H groups in total. The van der Waals surface area contributed by atoms with Crippen LogP contribution in [0.2, 0.25) is 0 Å². The summed E-state index contributed by atoms with van der Waals surface area (Å²) in [7, 11) is 0. The van der Waals surface area contributed by atoms with Crippen molar-refractivity contribution < 1.29 is 28.2 Å². The van der Waals surface area contributed by atoms with E-state index in [-0.39, 0.29) is 28.5 Å². The van der Waals surface area contributed by atoms with Gasteiger partial charge in [-0.1, -0.05) is 12.1 Å². The van der Waals surface area contributed by atoms with Crippen molar-refractivity contribution in [1.29, 1.82) is 0 Å². The molecule has 0 unspecified atom stereocenters. The van der Waals surface area contributed by atoms with E-state index < -0.39 is 35.3 Å². The van der Waals surface area contributed by atoms with Gasteiger partial charge in [0, 0.05) is 18.1 Å². The molecule has 3 aromatic rings. The third-order valence-electron chi connectivity index (χ3n) is 3.86. The smallest absolute Gasteiger partial charge is 0.416 e. The van der Waals surface area contributed by atoms with Gasteiger partial charge in [0.05, 0.1) is 17.7 Å². The van der Waals surface area contributed by atoms with Crippen LogP contribution in [0.1, 0.15) is 18.4 Å². The molecular formula is C17H12F3N3O4. The third kappa shape index (κ3) is 3.59. The zero-order valence-electron chi connectivity index (χ0n) is 13.6. The van der Waals surface area contributed by atoms with Crippen molar-refractivity contribution in [1.82, 2.24) is 14.6 Å². The summed E-state index contributed by atoms with van der Waals surface area (Å²) >= 11 is 0. The summed E-state index contributed by atoms with van der Waals surface area (Å²) in [5.74, 6) is -1.64. The summed E-state index contributed by atoms with van der Waals surface area (Å²) in [5, 5.41) is 22.5. The zero-order valence-corrected chi connectivity index (χ0v) is 13.6. The number of rotatable bonds is 4. The Labute approximate surface area is 149 Å². The molecule has 0 saturated carbocycles. The Morgan fingerprint density at radius 2 is 1.89 bits per heavy atom. The Balaban J connectivity index is 2.23. The van der Waals surface area contributed by atoms with Gasteiger partial charge in [-0.15, -0.1) is 0 Å². The summed E-state index contributed by atoms with van der Waals surface area (Å²) in [5.41, 5.74) is -1.51. The van der Waals surface area contributed by atoms with Crippen LogP contribution in [0.4, 0.5) is 13.2 Å². The van der Waals surface area contributed by atoms with Crippen molar-refractivity contribution in [3.05, 3.63) is 57.7 Å². The Morgan fingerprint density at radius 3 is 2.56 bits per heavy atom. The number of carboxylic acid groups (broad SMARTS) is 1. The largest absolute Gasteiger partial charge is 0.511 e. The molecule has 0 aliphatic heterocycles. The fourth-order valence-electron chi connectivity index (χ4n) is 2.64. The summed E-state index contributed by atoms with van der Waals surface area (Å²) < 4.78 is 40.0. The summed E-state index contributed by atoms with van der Waals surface area (Å²) in [4.78, 5) is 27.0. The number of hydrogen-bond acceptors (Lipinski definition) is 5. The van der Waals surface area contributed by atoms with E-state index in [0.717, 1.165) is 29.0 Å². The van der Waals surface area contributed by atoms with Gasteiger partial charge < -0.3 is 10.2 Å². The molecule has 140 valence electrons. The fourth-order valence-corrected chi connectivity index (χ4v) is 2.64. The van der Waals surface area contributed by atoms with E-state index in [0.29, 0.717) is 0 Å². The van der Waals surface area contributed by atoms with Gasteiger partial charge in [0.15, 0.2) is 11.1 Å². The lowest BCUT2D eigenvalue weighted by Crippen LogP contribution is -2.30. The molecule has 2 heterocycles. The molecule has 0 spiro atoms. The predicted octanol–water partition coefficient (Wildman–Crippen LogP) is 2.03. The molecule has 0 radical (unpaired) electrons. The standard InChI is InChI=1S/C17H12F3N3O4/c18-17(19,20)10-3-1-2-9(6-10)11-7-13(25)15(12(24)4-5-14(26)27)16-21-8-22-23(11)16/h1-3,6-8,24H,4-5H2,(H,26,27). The highest BCUT2D eigenvalue weighted by molar-refractivity contribution is 5.69. The van der Waals surface area contributed by atoms with Crippen molar-refractivity contribution in [2.75, 3.05) is 0 Å². The highest BCUT2D eigenvalue weighted by Crippen LogP contribution is 2.31. The average molecular weight is 379 g/mol. The van der Waals surface area contributed by atoms with Gasteiger partial charge >= 0.3 is 12.1 Å². The lowest BCUT2D eigenvalue weighted by atomic mass is 10.1. The Hall–Kier alpha value is -3.43. The van der Waals surface area contributed by atoms with E-state index in [2.05, 4.69) is 10.1 Å². The molecule has 0 saturated heterocycles. The SMILES string of the molecule is O=C(O)CCC(O)=c1c(=O)cc(-c2cccc(C(F)(F)F)c2)n2ncnc12. The quantitative estimate of drug-likeness (QED) is 0.719. The number of fused-ring (bicyclic) bond motifs is 1. The molecule has 2 aromatic heterocycles. The van der Waals surface area contributed by atoms with E-state index in [9.17, 15) is 27.9 Å². The van der Waals surface area contributed by atoms with Crippen molar-refractivity contribution >= 4 is 17.4 Å². The van der Waals surface area contributed by atoms with Crippen LogP contribution in [-0.4, -0.2) is 30.8 Å². The highest BCUT2D eigenvalue weighted by atomic mass is 19.4. The molecule has 0 aliphatic carbocycles. The van der Waals surface area contributed by atoms with Crippen LogP contribution in [0, 0.1) is 0 Å². The first-order chi connectivity index (χ1) is 12.7. The Bertz CT molecular complexity index is 1140. The van der Waals surface area contributed by atoms with Gasteiger partial charge in [-0.05, 0) is 12.1 Å². The van der Waals surface area contributed by atoms with Gasteiger partial charge in [0.2, 0.25) is 0 Å². The van der Waals surface area contributed by atoms with Gasteiger partial charge in [0.25, 0.3) is 0 Å². The van der Waals surface area contributed by atoms with Crippen LogP contribution in [0.15, 0.2) is 41.5 Å². The normalized spacial score (nSPS) is 13.0. The molecular weight excluding hydrogens is 367 g/mol. The number of pyridine rings is 1. The third-order valence-corrected chi connectivity index (χ3v) is 3.86. The van der Waals surface area contributed by atoms with Crippen molar-refractivity contribution in [2.45, 2.75) is 19.0 Å². The number of aromatic nitrogens is 3. The number of hydrogen-bond donors (Lipinski definition) is 2. The van der Waals surface area contributed by atoms with Gasteiger partial charge in [-0.25, -0.2) is 9.50 Å². The molecule has 10 heteroatoms. The molecule has 0 bridgehead atoms. The van der Waals surface area contributed by atoms with Gasteiger partial charge in [0.1, 0.15) is 17.3 Å². The molecule has 27 heavy (non-hydrogen) atoms. The number of aliphatic hydroxyl groups is 1. The van der Waals surface area contributed by atoms with Gasteiger partial charge in [-0.3, -0.25) is 9.59 Å². The number of carbonyl (C=O) groups is 1. The lowest BCUT2D eigenvalue weighted by molar-refractivity contribution is -0.138. The van der Waals surface area contributed by atoms with Gasteiger partial charge in [-0.2, -0.15) is 18.3 Å². The minimum Gasteiger partial charge on any atom is -0.511 e. The van der Waals surface area contributed by atoms with Crippen molar-refractivity contribution in [3.8, 4) is 11.3 Å². The van der Waals surface area contributed by atoms with Crippen LogP contribution < -0.4 is 10.6 Å². The molecule has 0 atom stereocenters. The summed E-state index contributed by atoms with van der Waals surface area (Å²) in [6.45, 7) is 0. The molecule has 3 rings (SSSR count). The Kier molecular flexibility index (Phi) is 4.56. The number of carboxylic acids is 1. The first-order valence-corrected chi connectivity index (χ1v) is 7.67. The monoisotopic (exact) mass is 379 g/mol. The first kappa shape index (κ1) is 18.4. The first-order valence-electron chi connectivity index (χ1n) is 7.67. The van der Waals surface area contributed by atoms with Crippen LogP contribution in [0.5, 0.6) is 0 Å². The van der Waals surface area contributed by atoms with E-state index >= 15 is 0 Å². The van der Waals surface area contributed by atoms with E-state index in [1.807, 2.05) is 0 Å². The van der Waals surface area contributed by atoms with Crippen molar-refractivity contribution in [2.24, 2.45) is 0 Å².